The van der Waals surface area contributed by atoms with Gasteiger partial charge in [0.15, 0.2) is 5.69 Å². The molecule has 2 aromatic heterocycles. The molecule has 32 heavy (non-hydrogen) atoms. The summed E-state index contributed by atoms with van der Waals surface area (Å²) in [5.74, 6) is 1.83. The predicted molar refractivity (Wildman–Crippen MR) is 111 cm³/mol. The van der Waals surface area contributed by atoms with Crippen LogP contribution >= 0.6 is 0 Å². The van der Waals surface area contributed by atoms with Crippen molar-refractivity contribution in [1.82, 2.24) is 24.4 Å². The lowest BCUT2D eigenvalue weighted by atomic mass is 9.95. The second kappa shape index (κ2) is 8.34. The van der Waals surface area contributed by atoms with Crippen LogP contribution in [0.25, 0.3) is 0 Å². The maximum atomic E-state index is 13.4. The minimum absolute atomic E-state index is 0.0314. The molecule has 8 nitrogen and oxygen atoms in total. The second-order valence-electron chi connectivity index (χ2n) is 8.70. The molecule has 2 saturated heterocycles. The fraction of sp³-hybridized carbons (Fsp3) is 0.619. The number of fused-ring (bicyclic) bond motifs is 1. The Hall–Kier alpha value is -2.69. The second-order valence-corrected chi connectivity index (χ2v) is 8.70. The first-order valence-electron chi connectivity index (χ1n) is 11.1. The number of piperidine rings is 1. The number of likely N-dealkylation sites (tertiary alicyclic amines) is 1. The zero-order valence-corrected chi connectivity index (χ0v) is 17.7. The minimum atomic E-state index is -4.44. The Kier molecular flexibility index (Phi) is 5.52. The number of nitrogens with one attached hydrogen (secondary N) is 1. The standard InChI is InChI=1S/C21H26F3N7O/c22-21(23,24)16-12-31(11-10-29-6-1-7-29)19(27-16)14-4-8-30(9-5-14)20-15-2-3-17(32)28-18(15)25-13-26-20/h12-14H,1-11H2,(H,25,26,28,32). The first-order chi connectivity index (χ1) is 15.4. The van der Waals surface area contributed by atoms with E-state index in [9.17, 15) is 18.0 Å². The molecule has 0 unspecified atom stereocenters. The van der Waals surface area contributed by atoms with Crippen molar-refractivity contribution in [3.8, 4) is 0 Å². The Labute approximate surface area is 183 Å². The van der Waals surface area contributed by atoms with E-state index in [1.54, 1.807) is 4.57 Å². The summed E-state index contributed by atoms with van der Waals surface area (Å²) in [5.41, 5.74) is 0.125. The molecular weight excluding hydrogens is 423 g/mol. The van der Waals surface area contributed by atoms with Gasteiger partial charge in [-0.15, -0.1) is 0 Å². The molecule has 5 rings (SSSR count). The molecule has 0 atom stereocenters. The minimum Gasteiger partial charge on any atom is -0.356 e. The van der Waals surface area contributed by atoms with Crippen molar-refractivity contribution in [1.29, 1.82) is 0 Å². The lowest BCUT2D eigenvalue weighted by Gasteiger charge is -2.35. The van der Waals surface area contributed by atoms with Gasteiger partial charge in [0, 0.05) is 50.3 Å². The molecule has 0 aromatic carbocycles. The molecule has 1 amide bonds. The highest BCUT2D eigenvalue weighted by Crippen LogP contribution is 2.36. The quantitative estimate of drug-likeness (QED) is 0.756. The lowest BCUT2D eigenvalue weighted by Crippen LogP contribution is -2.39. The molecule has 5 heterocycles. The summed E-state index contributed by atoms with van der Waals surface area (Å²) in [6.07, 6.45) is 1.72. The van der Waals surface area contributed by atoms with Crippen LogP contribution in [-0.2, 0) is 23.9 Å². The number of amides is 1. The van der Waals surface area contributed by atoms with Gasteiger partial charge >= 0.3 is 6.18 Å². The maximum Gasteiger partial charge on any atom is 0.434 e. The molecule has 0 bridgehead atoms. The molecular formula is C21H26F3N7O. The van der Waals surface area contributed by atoms with Crippen molar-refractivity contribution >= 4 is 17.5 Å². The summed E-state index contributed by atoms with van der Waals surface area (Å²) < 4.78 is 41.8. The van der Waals surface area contributed by atoms with E-state index in [1.165, 1.54) is 12.5 Å². The molecule has 2 fully saturated rings. The van der Waals surface area contributed by atoms with Gasteiger partial charge in [-0.1, -0.05) is 0 Å². The third-order valence-corrected chi connectivity index (χ3v) is 6.65. The van der Waals surface area contributed by atoms with Crippen LogP contribution < -0.4 is 10.2 Å². The molecule has 1 N–H and O–H groups in total. The largest absolute Gasteiger partial charge is 0.434 e. The normalized spacial score (nSPS) is 20.1. The van der Waals surface area contributed by atoms with Crippen molar-refractivity contribution in [3.63, 3.8) is 0 Å². The summed E-state index contributed by atoms with van der Waals surface area (Å²) >= 11 is 0. The van der Waals surface area contributed by atoms with Crippen LogP contribution in [0, 0.1) is 0 Å². The van der Waals surface area contributed by atoms with Crippen molar-refractivity contribution in [2.24, 2.45) is 0 Å². The Morgan fingerprint density at radius 1 is 1.06 bits per heavy atom. The Balaban J connectivity index is 1.31. The maximum absolute atomic E-state index is 13.4. The van der Waals surface area contributed by atoms with Gasteiger partial charge < -0.3 is 19.7 Å². The molecule has 3 aliphatic heterocycles. The number of carbonyl (C=O) groups is 1. The number of hydrogen-bond acceptors (Lipinski definition) is 6. The highest BCUT2D eigenvalue weighted by atomic mass is 19.4. The van der Waals surface area contributed by atoms with Crippen molar-refractivity contribution in [2.45, 2.75) is 50.7 Å². The SMILES string of the molecule is O=C1CCc2c(ncnc2N2CCC(c3nc(C(F)(F)F)cn3CCN3CCC3)CC2)N1. The zero-order valence-electron chi connectivity index (χ0n) is 17.7. The first-order valence-corrected chi connectivity index (χ1v) is 11.1. The first kappa shape index (κ1) is 21.2. The molecule has 2 aromatic rings. The molecule has 172 valence electrons. The topological polar surface area (TPSA) is 79.2 Å². The molecule has 0 aliphatic carbocycles. The van der Waals surface area contributed by atoms with Gasteiger partial charge in [-0.3, -0.25) is 4.79 Å². The molecule has 0 radical (unpaired) electrons. The van der Waals surface area contributed by atoms with Gasteiger partial charge in [0.25, 0.3) is 0 Å². The number of imidazole rings is 1. The number of aromatic nitrogens is 4. The van der Waals surface area contributed by atoms with Gasteiger partial charge in [0.05, 0.1) is 0 Å². The summed E-state index contributed by atoms with van der Waals surface area (Å²) in [6.45, 7) is 4.64. The highest BCUT2D eigenvalue weighted by Gasteiger charge is 2.37. The van der Waals surface area contributed by atoms with Crippen LogP contribution in [0.5, 0.6) is 0 Å². The van der Waals surface area contributed by atoms with Gasteiger partial charge in [-0.2, -0.15) is 13.2 Å². The number of hydrogen-bond donors (Lipinski definition) is 1. The summed E-state index contributed by atoms with van der Waals surface area (Å²) in [5, 5.41) is 2.79. The monoisotopic (exact) mass is 449 g/mol. The van der Waals surface area contributed by atoms with E-state index in [2.05, 4.69) is 30.1 Å². The highest BCUT2D eigenvalue weighted by molar-refractivity contribution is 5.93. The molecule has 0 spiro atoms. The Morgan fingerprint density at radius 3 is 2.53 bits per heavy atom. The molecule has 0 saturated carbocycles. The fourth-order valence-corrected chi connectivity index (χ4v) is 4.72. The third-order valence-electron chi connectivity index (χ3n) is 6.65. The van der Waals surface area contributed by atoms with E-state index in [0.29, 0.717) is 57.0 Å². The number of rotatable bonds is 5. The van der Waals surface area contributed by atoms with E-state index >= 15 is 0 Å². The van der Waals surface area contributed by atoms with Crippen molar-refractivity contribution < 1.29 is 18.0 Å². The number of nitrogens with zero attached hydrogens (tertiary/aromatic N) is 6. The van der Waals surface area contributed by atoms with E-state index < -0.39 is 11.9 Å². The molecule has 3 aliphatic rings. The smallest absolute Gasteiger partial charge is 0.356 e. The Morgan fingerprint density at radius 2 is 1.84 bits per heavy atom. The van der Waals surface area contributed by atoms with Gasteiger partial charge in [0.1, 0.15) is 23.8 Å². The third kappa shape index (κ3) is 4.17. The van der Waals surface area contributed by atoms with Crippen molar-refractivity contribution in [3.05, 3.63) is 29.6 Å². The zero-order chi connectivity index (χ0) is 22.3. The lowest BCUT2D eigenvalue weighted by molar-refractivity contribution is -0.141. The van der Waals surface area contributed by atoms with Crippen LogP contribution in [0.3, 0.4) is 0 Å². The average Bonchev–Trinajstić information content (AvgIpc) is 3.17. The van der Waals surface area contributed by atoms with Crippen LogP contribution in [0.2, 0.25) is 0 Å². The number of halogens is 3. The van der Waals surface area contributed by atoms with Crippen LogP contribution in [0.1, 0.15) is 48.7 Å². The fourth-order valence-electron chi connectivity index (χ4n) is 4.72. The summed E-state index contributed by atoms with van der Waals surface area (Å²) in [7, 11) is 0. The van der Waals surface area contributed by atoms with E-state index in [4.69, 9.17) is 0 Å². The number of carbonyl (C=O) groups excluding carboxylic acids is 1. The number of alkyl halides is 3. The summed E-state index contributed by atoms with van der Waals surface area (Å²) in [4.78, 5) is 28.7. The van der Waals surface area contributed by atoms with Crippen LogP contribution in [0.15, 0.2) is 12.5 Å². The van der Waals surface area contributed by atoms with E-state index in [1.807, 2.05) is 0 Å². The van der Waals surface area contributed by atoms with Crippen LogP contribution in [0.4, 0.5) is 24.8 Å². The van der Waals surface area contributed by atoms with Crippen molar-refractivity contribution in [2.75, 3.05) is 42.9 Å². The van der Waals surface area contributed by atoms with Gasteiger partial charge in [-0.05, 0) is 38.8 Å². The van der Waals surface area contributed by atoms with Gasteiger partial charge in [0.2, 0.25) is 5.91 Å². The predicted octanol–water partition coefficient (Wildman–Crippen LogP) is 2.67. The van der Waals surface area contributed by atoms with Crippen LogP contribution in [-0.4, -0.2) is 63.0 Å². The van der Waals surface area contributed by atoms with Gasteiger partial charge in [-0.25, -0.2) is 15.0 Å². The Bertz CT molecular complexity index is 994. The van der Waals surface area contributed by atoms with E-state index in [0.717, 1.165) is 37.4 Å². The molecule has 11 heteroatoms. The average molecular weight is 449 g/mol. The number of anilines is 2. The van der Waals surface area contributed by atoms with E-state index in [-0.39, 0.29) is 11.8 Å². The summed E-state index contributed by atoms with van der Waals surface area (Å²) in [6, 6.07) is 0.